The molecule has 0 aromatic carbocycles. The molecule has 2 N–H and O–H groups in total. The third-order valence-electron chi connectivity index (χ3n) is 1.50. The lowest BCUT2D eigenvalue weighted by Gasteiger charge is -1.99. The summed E-state index contributed by atoms with van der Waals surface area (Å²) in [6.45, 7) is 1.93. The van der Waals surface area contributed by atoms with E-state index in [0.717, 1.165) is 11.4 Å². The normalized spacial score (nSPS) is 10.1. The Morgan fingerprint density at radius 3 is 3.00 bits per heavy atom. The van der Waals surface area contributed by atoms with Crippen LogP contribution in [0.1, 0.15) is 11.4 Å². The summed E-state index contributed by atoms with van der Waals surface area (Å²) in [4.78, 5) is 4.24. The van der Waals surface area contributed by atoms with Crippen molar-refractivity contribution in [3.05, 3.63) is 29.6 Å². The third kappa shape index (κ3) is 3.49. The standard InChI is InChI=1S/C9H12N4S/c1-7-4-3-5-8(12-7)6-11-13-9(14)10-2/h3-6H,1-2H3,(H2,10,13,14)/b11-6+. The van der Waals surface area contributed by atoms with Crippen molar-refractivity contribution in [3.63, 3.8) is 0 Å². The summed E-state index contributed by atoms with van der Waals surface area (Å²) in [5, 5.41) is 7.14. The van der Waals surface area contributed by atoms with E-state index >= 15 is 0 Å². The molecule has 0 aliphatic rings. The van der Waals surface area contributed by atoms with Crippen molar-refractivity contribution in [2.24, 2.45) is 5.10 Å². The maximum atomic E-state index is 4.84. The van der Waals surface area contributed by atoms with E-state index in [-0.39, 0.29) is 0 Å². The van der Waals surface area contributed by atoms with Crippen LogP contribution in [0.2, 0.25) is 0 Å². The largest absolute Gasteiger partial charge is 0.364 e. The molecule has 0 aliphatic heterocycles. The van der Waals surface area contributed by atoms with Crippen LogP contribution >= 0.6 is 12.2 Å². The molecule has 0 unspecified atom stereocenters. The first kappa shape index (κ1) is 10.6. The van der Waals surface area contributed by atoms with E-state index < -0.39 is 0 Å². The predicted octanol–water partition coefficient (Wildman–Crippen LogP) is 0.818. The molecule has 0 spiro atoms. The van der Waals surface area contributed by atoms with Crippen LogP contribution in [0.25, 0.3) is 0 Å². The van der Waals surface area contributed by atoms with Gasteiger partial charge in [-0.15, -0.1) is 0 Å². The van der Waals surface area contributed by atoms with E-state index in [9.17, 15) is 0 Å². The number of nitrogens with zero attached hydrogens (tertiary/aromatic N) is 2. The van der Waals surface area contributed by atoms with E-state index in [1.54, 1.807) is 13.3 Å². The quantitative estimate of drug-likeness (QED) is 0.429. The second-order valence-electron chi connectivity index (χ2n) is 2.65. The van der Waals surface area contributed by atoms with E-state index in [1.165, 1.54) is 0 Å². The number of aryl methyl sites for hydroxylation is 1. The van der Waals surface area contributed by atoms with Gasteiger partial charge in [0, 0.05) is 12.7 Å². The smallest absolute Gasteiger partial charge is 0.186 e. The van der Waals surface area contributed by atoms with E-state index in [1.807, 2.05) is 25.1 Å². The van der Waals surface area contributed by atoms with Crippen LogP contribution in [0, 0.1) is 6.92 Å². The molecule has 0 saturated heterocycles. The summed E-state index contributed by atoms with van der Waals surface area (Å²) >= 11 is 4.84. The fraction of sp³-hybridized carbons (Fsp3) is 0.222. The minimum Gasteiger partial charge on any atom is -0.364 e. The Morgan fingerprint density at radius 2 is 2.36 bits per heavy atom. The van der Waals surface area contributed by atoms with Crippen molar-refractivity contribution in [1.29, 1.82) is 0 Å². The first-order chi connectivity index (χ1) is 6.72. The highest BCUT2D eigenvalue weighted by Crippen LogP contribution is 1.94. The lowest BCUT2D eigenvalue weighted by molar-refractivity contribution is 0.979. The van der Waals surface area contributed by atoms with Crippen molar-refractivity contribution in [2.45, 2.75) is 6.92 Å². The lowest BCUT2D eigenvalue weighted by atomic mass is 10.3. The number of thiocarbonyl (C=S) groups is 1. The molecule has 4 nitrogen and oxygen atoms in total. The molecule has 0 aliphatic carbocycles. The zero-order chi connectivity index (χ0) is 10.4. The average molecular weight is 208 g/mol. The van der Waals surface area contributed by atoms with Gasteiger partial charge in [0.05, 0.1) is 11.9 Å². The second-order valence-corrected chi connectivity index (χ2v) is 3.06. The molecule has 5 heteroatoms. The highest BCUT2D eigenvalue weighted by Gasteiger charge is 1.89. The van der Waals surface area contributed by atoms with Crippen LogP contribution in [0.15, 0.2) is 23.3 Å². The maximum absolute atomic E-state index is 4.84. The van der Waals surface area contributed by atoms with Crippen LogP contribution in [-0.4, -0.2) is 23.4 Å². The molecule has 0 radical (unpaired) electrons. The highest BCUT2D eigenvalue weighted by atomic mass is 32.1. The zero-order valence-corrected chi connectivity index (χ0v) is 8.93. The Bertz CT molecular complexity index is 348. The van der Waals surface area contributed by atoms with Crippen LogP contribution in [0.4, 0.5) is 0 Å². The Labute approximate surface area is 88.4 Å². The van der Waals surface area contributed by atoms with Gasteiger partial charge in [-0.25, -0.2) is 0 Å². The summed E-state index contributed by atoms with van der Waals surface area (Å²) < 4.78 is 0. The third-order valence-corrected chi connectivity index (χ3v) is 1.80. The number of hydrogen-bond donors (Lipinski definition) is 2. The Hall–Kier alpha value is -1.49. The fourth-order valence-electron chi connectivity index (χ4n) is 0.849. The van der Waals surface area contributed by atoms with Gasteiger partial charge >= 0.3 is 0 Å². The van der Waals surface area contributed by atoms with Crippen molar-refractivity contribution in [2.75, 3.05) is 7.05 Å². The Morgan fingerprint density at radius 1 is 1.57 bits per heavy atom. The van der Waals surface area contributed by atoms with Crippen molar-refractivity contribution in [3.8, 4) is 0 Å². The maximum Gasteiger partial charge on any atom is 0.186 e. The van der Waals surface area contributed by atoms with Gasteiger partial charge in [0.1, 0.15) is 0 Å². The first-order valence-electron chi connectivity index (χ1n) is 4.17. The number of rotatable bonds is 2. The Balaban J connectivity index is 2.56. The van der Waals surface area contributed by atoms with Crippen molar-refractivity contribution in [1.82, 2.24) is 15.7 Å². The van der Waals surface area contributed by atoms with Gasteiger partial charge in [0.25, 0.3) is 0 Å². The second kappa shape index (κ2) is 5.29. The van der Waals surface area contributed by atoms with E-state index in [4.69, 9.17) is 12.2 Å². The van der Waals surface area contributed by atoms with E-state index in [0.29, 0.717) is 5.11 Å². The molecule has 1 rings (SSSR count). The molecule has 0 saturated carbocycles. The molecule has 14 heavy (non-hydrogen) atoms. The summed E-state index contributed by atoms with van der Waals surface area (Å²) in [7, 11) is 1.73. The number of pyridine rings is 1. The average Bonchev–Trinajstić information content (AvgIpc) is 2.17. The van der Waals surface area contributed by atoms with Gasteiger partial charge in [-0.1, -0.05) is 6.07 Å². The number of nitrogens with one attached hydrogen (secondary N) is 2. The highest BCUT2D eigenvalue weighted by molar-refractivity contribution is 7.80. The first-order valence-corrected chi connectivity index (χ1v) is 4.57. The fourth-order valence-corrected chi connectivity index (χ4v) is 0.902. The molecule has 1 aromatic heterocycles. The monoisotopic (exact) mass is 208 g/mol. The molecule has 74 valence electrons. The van der Waals surface area contributed by atoms with Gasteiger partial charge in [0.2, 0.25) is 0 Å². The molecule has 0 atom stereocenters. The van der Waals surface area contributed by atoms with Crippen LogP contribution in [0.3, 0.4) is 0 Å². The van der Waals surface area contributed by atoms with Gasteiger partial charge in [-0.3, -0.25) is 10.4 Å². The van der Waals surface area contributed by atoms with Gasteiger partial charge in [-0.2, -0.15) is 5.10 Å². The van der Waals surface area contributed by atoms with Crippen LogP contribution < -0.4 is 10.7 Å². The molecular formula is C9H12N4S. The van der Waals surface area contributed by atoms with E-state index in [2.05, 4.69) is 20.8 Å². The SMILES string of the molecule is CNC(=S)N/N=C/c1cccc(C)n1. The zero-order valence-electron chi connectivity index (χ0n) is 8.11. The summed E-state index contributed by atoms with van der Waals surface area (Å²) in [5.74, 6) is 0. The number of aromatic nitrogens is 1. The Kier molecular flexibility index (Phi) is 4.00. The summed E-state index contributed by atoms with van der Waals surface area (Å²) in [6.07, 6.45) is 1.62. The number of hydrogen-bond acceptors (Lipinski definition) is 3. The number of hydrazone groups is 1. The molecule has 0 fully saturated rings. The molecule has 0 amide bonds. The summed E-state index contributed by atoms with van der Waals surface area (Å²) in [6, 6.07) is 5.74. The molecular weight excluding hydrogens is 196 g/mol. The lowest BCUT2D eigenvalue weighted by Crippen LogP contribution is -2.28. The van der Waals surface area contributed by atoms with Crippen LogP contribution in [-0.2, 0) is 0 Å². The molecule has 1 aromatic rings. The summed E-state index contributed by atoms with van der Waals surface area (Å²) in [5.41, 5.74) is 4.42. The van der Waals surface area contributed by atoms with Gasteiger partial charge < -0.3 is 5.32 Å². The minimum absolute atomic E-state index is 0.480. The van der Waals surface area contributed by atoms with Gasteiger partial charge in [-0.05, 0) is 31.3 Å². The van der Waals surface area contributed by atoms with Gasteiger partial charge in [0.15, 0.2) is 5.11 Å². The topological polar surface area (TPSA) is 49.3 Å². The minimum atomic E-state index is 0.480. The molecule has 0 bridgehead atoms. The van der Waals surface area contributed by atoms with Crippen molar-refractivity contribution < 1.29 is 0 Å². The van der Waals surface area contributed by atoms with Crippen molar-refractivity contribution >= 4 is 23.5 Å². The predicted molar refractivity (Wildman–Crippen MR) is 61.4 cm³/mol. The van der Waals surface area contributed by atoms with Crippen LogP contribution in [0.5, 0.6) is 0 Å². The molecule has 1 heterocycles.